The van der Waals surface area contributed by atoms with E-state index in [1.807, 2.05) is 30.3 Å². The molecule has 1 aliphatic rings. The first-order chi connectivity index (χ1) is 13.3. The molecule has 1 aromatic heterocycles. The summed E-state index contributed by atoms with van der Waals surface area (Å²) in [5, 5.41) is 0. The molecule has 1 saturated heterocycles. The Morgan fingerprint density at radius 3 is 2.43 bits per heavy atom. The quantitative estimate of drug-likeness (QED) is 0.705. The zero-order valence-electron chi connectivity index (χ0n) is 15.4. The lowest BCUT2D eigenvalue weighted by molar-refractivity contribution is -0.141. The number of alkyl halides is 3. The summed E-state index contributed by atoms with van der Waals surface area (Å²) in [5.74, 6) is 1.11. The van der Waals surface area contributed by atoms with E-state index >= 15 is 0 Å². The fraction of sp³-hybridized carbons (Fsp3) is 0.421. The number of hydrogen-bond acceptors (Lipinski definition) is 5. The maximum Gasteiger partial charge on any atom is 0.433 e. The topological polar surface area (TPSA) is 49.3 Å². The molecular weight excluding hydrogens is 389 g/mol. The molecule has 1 aromatic carbocycles. The predicted molar refractivity (Wildman–Crippen MR) is 102 cm³/mol. The maximum atomic E-state index is 13.0. The Kier molecular flexibility index (Phi) is 6.43. The van der Waals surface area contributed by atoms with E-state index in [1.54, 1.807) is 21.6 Å². The highest BCUT2D eigenvalue weighted by molar-refractivity contribution is 7.99. The number of hydrogen-bond donors (Lipinski definition) is 0. The average Bonchev–Trinajstić information content (AvgIpc) is 2.68. The Hall–Kier alpha value is -2.29. The lowest BCUT2D eigenvalue weighted by Crippen LogP contribution is -2.49. The number of thioether (sulfide) groups is 1. The molecular formula is C19H21F3N4OS. The van der Waals surface area contributed by atoms with Crippen LogP contribution < -0.4 is 4.90 Å². The number of carbonyl (C=O) groups excluding carboxylic acids is 1. The lowest BCUT2D eigenvalue weighted by Gasteiger charge is -2.35. The maximum absolute atomic E-state index is 13.0. The molecule has 1 amide bonds. The number of aromatic nitrogens is 2. The van der Waals surface area contributed by atoms with Crippen molar-refractivity contribution in [3.8, 4) is 0 Å². The third-order valence-corrected chi connectivity index (χ3v) is 5.41. The van der Waals surface area contributed by atoms with Crippen LogP contribution in [0.15, 0.2) is 41.3 Å². The third-order valence-electron chi connectivity index (χ3n) is 4.40. The van der Waals surface area contributed by atoms with Gasteiger partial charge in [0.05, 0.1) is 0 Å². The summed E-state index contributed by atoms with van der Waals surface area (Å²) in [4.78, 5) is 24.7. The van der Waals surface area contributed by atoms with Gasteiger partial charge in [-0.1, -0.05) is 18.2 Å². The minimum absolute atomic E-state index is 0.0675. The summed E-state index contributed by atoms with van der Waals surface area (Å²) < 4.78 is 38.9. The van der Waals surface area contributed by atoms with Gasteiger partial charge in [-0.25, -0.2) is 9.97 Å². The summed E-state index contributed by atoms with van der Waals surface area (Å²) in [6.45, 7) is 3.29. The minimum atomic E-state index is -4.50. The number of nitrogens with zero attached hydrogens (tertiary/aromatic N) is 4. The Bertz CT molecular complexity index is 809. The molecule has 0 radical (unpaired) electrons. The molecule has 2 aromatic rings. The van der Waals surface area contributed by atoms with Gasteiger partial charge in [0, 0.05) is 49.3 Å². The largest absolute Gasteiger partial charge is 0.433 e. The molecule has 0 saturated carbocycles. The van der Waals surface area contributed by atoms with Crippen LogP contribution in [-0.2, 0) is 11.0 Å². The van der Waals surface area contributed by atoms with Crippen molar-refractivity contribution in [2.75, 3.05) is 36.8 Å². The van der Waals surface area contributed by atoms with Crippen LogP contribution in [0, 0.1) is 6.92 Å². The van der Waals surface area contributed by atoms with E-state index in [0.29, 0.717) is 38.4 Å². The van der Waals surface area contributed by atoms with Crippen LogP contribution in [0.2, 0.25) is 0 Å². The van der Waals surface area contributed by atoms with E-state index in [-0.39, 0.29) is 17.5 Å². The van der Waals surface area contributed by atoms with E-state index in [4.69, 9.17) is 0 Å². The standard InChI is InChI=1S/C19H21F3N4OS/c1-14-23-16(19(20,21)22)13-17(24-14)25-8-10-26(11-9-25)18(27)7-12-28-15-5-3-2-4-6-15/h2-6,13H,7-12H2,1H3. The molecule has 0 N–H and O–H groups in total. The molecule has 3 rings (SSSR count). The zero-order chi connectivity index (χ0) is 20.1. The predicted octanol–water partition coefficient (Wildman–Crippen LogP) is 3.63. The number of rotatable bonds is 5. The summed E-state index contributed by atoms with van der Waals surface area (Å²) in [6.07, 6.45) is -4.07. The van der Waals surface area contributed by atoms with Gasteiger partial charge in [-0.3, -0.25) is 4.79 Å². The molecule has 1 fully saturated rings. The van der Waals surface area contributed by atoms with Crippen molar-refractivity contribution in [1.82, 2.24) is 14.9 Å². The van der Waals surface area contributed by atoms with Crippen molar-refractivity contribution >= 4 is 23.5 Å². The van der Waals surface area contributed by atoms with Crippen LogP contribution in [0.5, 0.6) is 0 Å². The molecule has 28 heavy (non-hydrogen) atoms. The smallest absolute Gasteiger partial charge is 0.353 e. The van der Waals surface area contributed by atoms with Crippen LogP contribution in [0.3, 0.4) is 0 Å². The molecule has 1 aliphatic heterocycles. The molecule has 0 aliphatic carbocycles. The fourth-order valence-electron chi connectivity index (χ4n) is 2.98. The van der Waals surface area contributed by atoms with Crippen LogP contribution in [0.25, 0.3) is 0 Å². The third kappa shape index (κ3) is 5.37. The number of amides is 1. The van der Waals surface area contributed by atoms with E-state index in [1.165, 1.54) is 6.92 Å². The number of halogens is 3. The second-order valence-corrected chi connectivity index (χ2v) is 7.60. The number of carbonyl (C=O) groups is 1. The highest BCUT2D eigenvalue weighted by Crippen LogP contribution is 2.30. The molecule has 9 heteroatoms. The van der Waals surface area contributed by atoms with Crippen molar-refractivity contribution in [3.63, 3.8) is 0 Å². The van der Waals surface area contributed by atoms with Gasteiger partial charge in [-0.05, 0) is 19.1 Å². The molecule has 0 bridgehead atoms. The van der Waals surface area contributed by atoms with Gasteiger partial charge in [-0.15, -0.1) is 11.8 Å². The lowest BCUT2D eigenvalue weighted by atomic mass is 10.2. The van der Waals surface area contributed by atoms with Gasteiger partial charge in [0.15, 0.2) is 0 Å². The van der Waals surface area contributed by atoms with E-state index in [9.17, 15) is 18.0 Å². The second kappa shape index (κ2) is 8.81. The number of piperazine rings is 1. The Morgan fingerprint density at radius 2 is 1.79 bits per heavy atom. The average molecular weight is 410 g/mol. The van der Waals surface area contributed by atoms with Gasteiger partial charge >= 0.3 is 6.18 Å². The van der Waals surface area contributed by atoms with Gasteiger partial charge in [0.25, 0.3) is 0 Å². The minimum Gasteiger partial charge on any atom is -0.353 e. The highest BCUT2D eigenvalue weighted by atomic mass is 32.2. The molecule has 2 heterocycles. The molecule has 150 valence electrons. The molecule has 0 unspecified atom stereocenters. The summed E-state index contributed by atoms with van der Waals surface area (Å²) in [6, 6.07) is 10.9. The van der Waals surface area contributed by atoms with Gasteiger partial charge < -0.3 is 9.80 Å². The normalized spacial score (nSPS) is 15.0. The van der Waals surface area contributed by atoms with E-state index < -0.39 is 11.9 Å². The molecule has 5 nitrogen and oxygen atoms in total. The summed E-state index contributed by atoms with van der Waals surface area (Å²) >= 11 is 1.63. The number of aryl methyl sites for hydroxylation is 1. The van der Waals surface area contributed by atoms with E-state index in [2.05, 4.69) is 9.97 Å². The monoisotopic (exact) mass is 410 g/mol. The molecule has 0 atom stereocenters. The van der Waals surface area contributed by atoms with Gasteiger partial charge in [0.2, 0.25) is 5.91 Å². The summed E-state index contributed by atoms with van der Waals surface area (Å²) in [5.41, 5.74) is -0.938. The number of anilines is 1. The first kappa shape index (κ1) is 20.4. The van der Waals surface area contributed by atoms with Crippen molar-refractivity contribution in [2.45, 2.75) is 24.4 Å². The molecule has 0 spiro atoms. The summed E-state index contributed by atoms with van der Waals surface area (Å²) in [7, 11) is 0. The van der Waals surface area contributed by atoms with E-state index in [0.717, 1.165) is 11.0 Å². The van der Waals surface area contributed by atoms with Crippen molar-refractivity contribution in [2.24, 2.45) is 0 Å². The Balaban J connectivity index is 1.51. The van der Waals surface area contributed by atoms with Crippen LogP contribution in [0.4, 0.5) is 19.0 Å². The second-order valence-electron chi connectivity index (χ2n) is 6.44. The zero-order valence-corrected chi connectivity index (χ0v) is 16.3. The van der Waals surface area contributed by atoms with Crippen molar-refractivity contribution in [3.05, 3.63) is 47.9 Å². The van der Waals surface area contributed by atoms with Gasteiger partial charge in [0.1, 0.15) is 17.3 Å². The van der Waals surface area contributed by atoms with Crippen molar-refractivity contribution < 1.29 is 18.0 Å². The first-order valence-electron chi connectivity index (χ1n) is 8.96. The highest BCUT2D eigenvalue weighted by Gasteiger charge is 2.34. The van der Waals surface area contributed by atoms with Crippen LogP contribution in [-0.4, -0.2) is 52.7 Å². The number of benzene rings is 1. The van der Waals surface area contributed by atoms with Crippen molar-refractivity contribution in [1.29, 1.82) is 0 Å². The van der Waals surface area contributed by atoms with Gasteiger partial charge in [-0.2, -0.15) is 13.2 Å². The van der Waals surface area contributed by atoms with Crippen LogP contribution >= 0.6 is 11.8 Å². The first-order valence-corrected chi connectivity index (χ1v) is 9.95. The van der Waals surface area contributed by atoms with Crippen LogP contribution in [0.1, 0.15) is 17.9 Å². The SMILES string of the molecule is Cc1nc(N2CCN(C(=O)CCSc3ccccc3)CC2)cc(C(F)(F)F)n1. The Morgan fingerprint density at radius 1 is 1.11 bits per heavy atom. The fourth-order valence-corrected chi connectivity index (χ4v) is 3.84. The Labute approximate surface area is 166 Å².